The first-order valence-electron chi connectivity index (χ1n) is 6.40. The maximum atomic E-state index is 3.66. The Morgan fingerprint density at radius 3 is 2.94 bits per heavy atom. The zero-order valence-corrected chi connectivity index (χ0v) is 11.4. The number of nitrogens with one attached hydrogen (secondary N) is 1. The minimum Gasteiger partial charge on any atom is -0.309 e. The van der Waals surface area contributed by atoms with Crippen LogP contribution in [0.3, 0.4) is 0 Å². The van der Waals surface area contributed by atoms with Crippen LogP contribution >= 0.6 is 11.8 Å². The summed E-state index contributed by atoms with van der Waals surface area (Å²) >= 11 is 1.94. The van der Waals surface area contributed by atoms with E-state index in [4.69, 9.17) is 0 Å². The SMILES string of the molecule is CSCCN1CCCNC(c2ccccc2)C1. The molecule has 1 N–H and O–H groups in total. The molecule has 1 unspecified atom stereocenters. The zero-order valence-electron chi connectivity index (χ0n) is 10.6. The van der Waals surface area contributed by atoms with Crippen molar-refractivity contribution in [2.75, 3.05) is 38.2 Å². The third kappa shape index (κ3) is 4.02. The van der Waals surface area contributed by atoms with E-state index in [0.29, 0.717) is 6.04 Å². The van der Waals surface area contributed by atoms with E-state index in [0.717, 1.165) is 13.1 Å². The van der Waals surface area contributed by atoms with Gasteiger partial charge in [0.15, 0.2) is 0 Å². The van der Waals surface area contributed by atoms with Crippen LogP contribution in [0.5, 0.6) is 0 Å². The first-order chi connectivity index (χ1) is 8.40. The van der Waals surface area contributed by atoms with Gasteiger partial charge in [0.25, 0.3) is 0 Å². The first kappa shape index (κ1) is 12.9. The Hall–Kier alpha value is -0.510. The van der Waals surface area contributed by atoms with E-state index in [1.807, 2.05) is 11.8 Å². The number of hydrogen-bond donors (Lipinski definition) is 1. The van der Waals surface area contributed by atoms with Gasteiger partial charge in [-0.15, -0.1) is 0 Å². The number of rotatable bonds is 4. The molecule has 2 nitrogen and oxygen atoms in total. The number of hydrogen-bond acceptors (Lipinski definition) is 3. The van der Waals surface area contributed by atoms with E-state index >= 15 is 0 Å². The molecule has 0 amide bonds. The maximum absolute atomic E-state index is 3.66. The molecule has 1 aliphatic rings. The van der Waals surface area contributed by atoms with Gasteiger partial charge >= 0.3 is 0 Å². The molecule has 1 saturated heterocycles. The molecular weight excluding hydrogens is 228 g/mol. The highest BCUT2D eigenvalue weighted by molar-refractivity contribution is 7.98. The van der Waals surface area contributed by atoms with E-state index in [1.165, 1.54) is 30.8 Å². The van der Waals surface area contributed by atoms with Crippen LogP contribution in [0.1, 0.15) is 18.0 Å². The third-order valence-electron chi connectivity index (χ3n) is 3.30. The minimum absolute atomic E-state index is 0.501. The molecule has 1 atom stereocenters. The number of thioether (sulfide) groups is 1. The standard InChI is InChI=1S/C14H22N2S/c1-17-11-10-16-9-5-8-15-14(12-16)13-6-3-2-4-7-13/h2-4,6-7,14-15H,5,8-12H2,1H3. The molecule has 1 fully saturated rings. The second kappa shape index (κ2) is 7.04. The number of benzene rings is 1. The molecule has 0 radical (unpaired) electrons. The van der Waals surface area contributed by atoms with Crippen LogP contribution in [0, 0.1) is 0 Å². The van der Waals surface area contributed by atoms with Crippen LogP contribution in [-0.4, -0.2) is 43.1 Å². The third-order valence-corrected chi connectivity index (χ3v) is 3.89. The molecule has 0 bridgehead atoms. The molecule has 17 heavy (non-hydrogen) atoms. The zero-order chi connectivity index (χ0) is 11.9. The highest BCUT2D eigenvalue weighted by Crippen LogP contribution is 2.16. The van der Waals surface area contributed by atoms with E-state index in [-0.39, 0.29) is 0 Å². The van der Waals surface area contributed by atoms with Crippen LogP contribution in [0.2, 0.25) is 0 Å². The lowest BCUT2D eigenvalue weighted by molar-refractivity contribution is 0.285. The minimum atomic E-state index is 0.501. The van der Waals surface area contributed by atoms with Gasteiger partial charge in [-0.05, 0) is 31.3 Å². The largest absolute Gasteiger partial charge is 0.309 e. The van der Waals surface area contributed by atoms with Gasteiger partial charge in [0, 0.05) is 24.9 Å². The summed E-state index contributed by atoms with van der Waals surface area (Å²) in [6.45, 7) is 4.73. The van der Waals surface area contributed by atoms with Crippen LogP contribution in [0.15, 0.2) is 30.3 Å². The van der Waals surface area contributed by atoms with Crippen molar-refractivity contribution in [2.24, 2.45) is 0 Å². The summed E-state index contributed by atoms with van der Waals surface area (Å²) in [4.78, 5) is 2.59. The van der Waals surface area contributed by atoms with Gasteiger partial charge in [-0.3, -0.25) is 0 Å². The maximum Gasteiger partial charge on any atom is 0.0449 e. The summed E-state index contributed by atoms with van der Waals surface area (Å²) in [6, 6.07) is 11.3. The van der Waals surface area contributed by atoms with E-state index < -0.39 is 0 Å². The van der Waals surface area contributed by atoms with E-state index in [2.05, 4.69) is 46.8 Å². The molecule has 94 valence electrons. The van der Waals surface area contributed by atoms with Crippen LogP contribution in [0.4, 0.5) is 0 Å². The predicted octanol–water partition coefficient (Wildman–Crippen LogP) is 2.39. The Bertz CT molecular complexity index is 315. The Labute approximate surface area is 109 Å². The normalized spacial score (nSPS) is 22.3. The molecule has 1 aliphatic heterocycles. The van der Waals surface area contributed by atoms with Gasteiger partial charge in [-0.1, -0.05) is 30.3 Å². The van der Waals surface area contributed by atoms with E-state index in [9.17, 15) is 0 Å². The monoisotopic (exact) mass is 250 g/mol. The topological polar surface area (TPSA) is 15.3 Å². The average Bonchev–Trinajstić information content (AvgIpc) is 2.63. The van der Waals surface area contributed by atoms with Crippen LogP contribution in [-0.2, 0) is 0 Å². The fourth-order valence-electron chi connectivity index (χ4n) is 2.33. The molecule has 0 aromatic heterocycles. The predicted molar refractivity (Wildman–Crippen MR) is 76.6 cm³/mol. The molecular formula is C14H22N2S. The summed E-state index contributed by atoms with van der Waals surface area (Å²) in [5.74, 6) is 1.24. The van der Waals surface area contributed by atoms with Gasteiger partial charge in [-0.2, -0.15) is 11.8 Å². The molecule has 0 saturated carbocycles. The summed E-state index contributed by atoms with van der Waals surface area (Å²) in [5, 5.41) is 3.66. The van der Waals surface area contributed by atoms with Crippen molar-refractivity contribution >= 4 is 11.8 Å². The van der Waals surface area contributed by atoms with Crippen molar-refractivity contribution in [1.82, 2.24) is 10.2 Å². The van der Waals surface area contributed by atoms with Crippen LogP contribution in [0.25, 0.3) is 0 Å². The van der Waals surface area contributed by atoms with Crippen molar-refractivity contribution in [3.05, 3.63) is 35.9 Å². The Kier molecular flexibility index (Phi) is 5.36. The fraction of sp³-hybridized carbons (Fsp3) is 0.571. The first-order valence-corrected chi connectivity index (χ1v) is 7.79. The highest BCUT2D eigenvalue weighted by atomic mass is 32.2. The quantitative estimate of drug-likeness (QED) is 0.883. The highest BCUT2D eigenvalue weighted by Gasteiger charge is 2.18. The van der Waals surface area contributed by atoms with Crippen molar-refractivity contribution in [2.45, 2.75) is 12.5 Å². The van der Waals surface area contributed by atoms with Crippen molar-refractivity contribution in [3.8, 4) is 0 Å². The molecule has 0 spiro atoms. The Balaban J connectivity index is 1.97. The summed E-state index contributed by atoms with van der Waals surface area (Å²) in [5.41, 5.74) is 1.42. The van der Waals surface area contributed by atoms with Crippen molar-refractivity contribution < 1.29 is 0 Å². The summed E-state index contributed by atoms with van der Waals surface area (Å²) < 4.78 is 0. The van der Waals surface area contributed by atoms with E-state index in [1.54, 1.807) is 0 Å². The second-order valence-corrected chi connectivity index (χ2v) is 5.55. The fourth-order valence-corrected chi connectivity index (χ4v) is 2.77. The number of nitrogens with zero attached hydrogens (tertiary/aromatic N) is 1. The molecule has 1 aromatic carbocycles. The molecule has 3 heteroatoms. The van der Waals surface area contributed by atoms with Gasteiger partial charge in [0.05, 0.1) is 0 Å². The molecule has 0 aliphatic carbocycles. The average molecular weight is 250 g/mol. The van der Waals surface area contributed by atoms with Crippen LogP contribution < -0.4 is 5.32 Å². The lowest BCUT2D eigenvalue weighted by Gasteiger charge is -2.24. The Morgan fingerprint density at radius 2 is 2.18 bits per heavy atom. The molecule has 2 rings (SSSR count). The molecule has 1 heterocycles. The lowest BCUT2D eigenvalue weighted by atomic mass is 10.1. The summed E-state index contributed by atoms with van der Waals surface area (Å²) in [7, 11) is 0. The molecule has 1 aromatic rings. The van der Waals surface area contributed by atoms with Gasteiger partial charge in [0.1, 0.15) is 0 Å². The summed E-state index contributed by atoms with van der Waals surface area (Å²) in [6.07, 6.45) is 3.45. The Morgan fingerprint density at radius 1 is 1.35 bits per heavy atom. The van der Waals surface area contributed by atoms with Crippen molar-refractivity contribution in [3.63, 3.8) is 0 Å². The van der Waals surface area contributed by atoms with Gasteiger partial charge in [-0.25, -0.2) is 0 Å². The van der Waals surface area contributed by atoms with Gasteiger partial charge in [0.2, 0.25) is 0 Å². The smallest absolute Gasteiger partial charge is 0.0449 e. The second-order valence-electron chi connectivity index (χ2n) is 4.56. The van der Waals surface area contributed by atoms with Gasteiger partial charge < -0.3 is 10.2 Å². The van der Waals surface area contributed by atoms with Crippen molar-refractivity contribution in [1.29, 1.82) is 0 Å². The lowest BCUT2D eigenvalue weighted by Crippen LogP contribution is -2.32.